The lowest BCUT2D eigenvalue weighted by atomic mass is 10.2. The minimum absolute atomic E-state index is 0.133. The molecule has 2 rings (SSSR count). The van der Waals surface area contributed by atoms with Gasteiger partial charge < -0.3 is 9.84 Å². The fourth-order valence-corrected chi connectivity index (χ4v) is 1.42. The second-order valence-corrected chi connectivity index (χ2v) is 3.88. The maximum Gasteiger partial charge on any atom is 0.335 e. The number of hydrogen-bond acceptors (Lipinski definition) is 3. The fraction of sp³-hybridized carbons (Fsp3) is 0.417. The molecule has 1 aliphatic rings. The summed E-state index contributed by atoms with van der Waals surface area (Å²) >= 11 is 0. The summed E-state index contributed by atoms with van der Waals surface area (Å²) < 4.78 is 5.00. The van der Waals surface area contributed by atoms with E-state index in [4.69, 9.17) is 4.74 Å². The van der Waals surface area contributed by atoms with Gasteiger partial charge in [-0.2, -0.15) is 0 Å². The van der Waals surface area contributed by atoms with Gasteiger partial charge in [-0.1, -0.05) is 30.3 Å². The minimum Gasteiger partial charge on any atom is -0.459 e. The Balaban J connectivity index is 1.80. The molecular formula is C12H14O3. The standard InChI is InChI=1S/C12H14O3/c13-11(10-6-7-10)12(14)15-8-9-4-2-1-3-5-9/h1-5,10-11,13H,6-8H2/t11-/m0/s1. The predicted molar refractivity (Wildman–Crippen MR) is 55.0 cm³/mol. The third kappa shape index (κ3) is 2.80. The highest BCUT2D eigenvalue weighted by atomic mass is 16.5. The van der Waals surface area contributed by atoms with Gasteiger partial charge in [0.15, 0.2) is 6.10 Å². The second-order valence-electron chi connectivity index (χ2n) is 3.88. The van der Waals surface area contributed by atoms with Crippen LogP contribution in [0.25, 0.3) is 0 Å². The van der Waals surface area contributed by atoms with Gasteiger partial charge in [-0.15, -0.1) is 0 Å². The number of hydrogen-bond donors (Lipinski definition) is 1. The quantitative estimate of drug-likeness (QED) is 0.759. The molecule has 0 aliphatic heterocycles. The number of ether oxygens (including phenoxy) is 1. The topological polar surface area (TPSA) is 46.5 Å². The molecule has 0 bridgehead atoms. The van der Waals surface area contributed by atoms with E-state index in [1.165, 1.54) is 0 Å². The minimum atomic E-state index is -0.922. The molecule has 1 fully saturated rings. The monoisotopic (exact) mass is 206 g/mol. The maximum atomic E-state index is 11.3. The number of aliphatic hydroxyl groups excluding tert-OH is 1. The van der Waals surface area contributed by atoms with Crippen LogP contribution in [0.15, 0.2) is 30.3 Å². The van der Waals surface area contributed by atoms with Crippen LogP contribution in [0.1, 0.15) is 18.4 Å². The van der Waals surface area contributed by atoms with E-state index in [2.05, 4.69) is 0 Å². The first-order valence-corrected chi connectivity index (χ1v) is 5.16. The number of carbonyl (C=O) groups is 1. The summed E-state index contributed by atoms with van der Waals surface area (Å²) in [6.45, 7) is 0.240. The zero-order valence-electron chi connectivity index (χ0n) is 8.43. The Morgan fingerprint density at radius 1 is 1.40 bits per heavy atom. The van der Waals surface area contributed by atoms with Crippen molar-refractivity contribution < 1.29 is 14.6 Å². The van der Waals surface area contributed by atoms with Crippen LogP contribution in [-0.2, 0) is 16.1 Å². The first-order valence-electron chi connectivity index (χ1n) is 5.16. The van der Waals surface area contributed by atoms with Gasteiger partial charge in [0.25, 0.3) is 0 Å². The van der Waals surface area contributed by atoms with Gasteiger partial charge in [0.1, 0.15) is 6.61 Å². The van der Waals surface area contributed by atoms with Gasteiger partial charge in [0, 0.05) is 0 Å². The van der Waals surface area contributed by atoms with E-state index in [1.807, 2.05) is 30.3 Å². The summed E-state index contributed by atoms with van der Waals surface area (Å²) in [5.41, 5.74) is 0.939. The Hall–Kier alpha value is -1.35. The summed E-state index contributed by atoms with van der Waals surface area (Å²) in [5, 5.41) is 9.46. The van der Waals surface area contributed by atoms with Gasteiger partial charge >= 0.3 is 5.97 Å². The molecule has 0 aromatic heterocycles. The van der Waals surface area contributed by atoms with E-state index in [0.29, 0.717) is 0 Å². The van der Waals surface area contributed by atoms with Crippen molar-refractivity contribution in [3.05, 3.63) is 35.9 Å². The predicted octanol–water partition coefficient (Wildman–Crippen LogP) is 1.50. The van der Waals surface area contributed by atoms with E-state index < -0.39 is 12.1 Å². The molecule has 3 heteroatoms. The van der Waals surface area contributed by atoms with E-state index >= 15 is 0 Å². The molecule has 1 atom stereocenters. The maximum absolute atomic E-state index is 11.3. The Morgan fingerprint density at radius 2 is 2.07 bits per heavy atom. The van der Waals surface area contributed by atoms with Crippen molar-refractivity contribution in [3.8, 4) is 0 Å². The van der Waals surface area contributed by atoms with Crippen molar-refractivity contribution in [1.29, 1.82) is 0 Å². The highest BCUT2D eigenvalue weighted by Gasteiger charge is 2.35. The molecule has 0 spiro atoms. The molecule has 1 aromatic carbocycles. The normalized spacial score (nSPS) is 17.1. The number of benzene rings is 1. The molecular weight excluding hydrogens is 192 g/mol. The van der Waals surface area contributed by atoms with Gasteiger partial charge in [0.05, 0.1) is 0 Å². The first-order chi connectivity index (χ1) is 7.27. The average molecular weight is 206 g/mol. The van der Waals surface area contributed by atoms with Crippen LogP contribution in [0.2, 0.25) is 0 Å². The van der Waals surface area contributed by atoms with Crippen molar-refractivity contribution in [2.24, 2.45) is 5.92 Å². The molecule has 1 aromatic rings. The lowest BCUT2D eigenvalue weighted by Gasteiger charge is -2.09. The molecule has 0 amide bonds. The highest BCUT2D eigenvalue weighted by molar-refractivity contribution is 5.75. The lowest BCUT2D eigenvalue weighted by Crippen LogP contribution is -2.24. The van der Waals surface area contributed by atoms with E-state index in [-0.39, 0.29) is 12.5 Å². The van der Waals surface area contributed by atoms with Crippen LogP contribution < -0.4 is 0 Å². The summed E-state index contributed by atoms with van der Waals surface area (Å²) in [6.07, 6.45) is 0.942. The third-order valence-electron chi connectivity index (χ3n) is 2.53. The Morgan fingerprint density at radius 3 is 2.67 bits per heavy atom. The third-order valence-corrected chi connectivity index (χ3v) is 2.53. The van der Waals surface area contributed by atoms with Gasteiger partial charge in [-0.3, -0.25) is 0 Å². The van der Waals surface area contributed by atoms with Crippen LogP contribution in [0.5, 0.6) is 0 Å². The molecule has 0 radical (unpaired) electrons. The largest absolute Gasteiger partial charge is 0.459 e. The molecule has 1 aliphatic carbocycles. The average Bonchev–Trinajstić information content (AvgIpc) is 3.10. The smallest absolute Gasteiger partial charge is 0.335 e. The highest BCUT2D eigenvalue weighted by Crippen LogP contribution is 2.33. The van der Waals surface area contributed by atoms with E-state index in [1.54, 1.807) is 0 Å². The number of esters is 1. The van der Waals surface area contributed by atoms with Crippen LogP contribution in [-0.4, -0.2) is 17.2 Å². The van der Waals surface area contributed by atoms with E-state index in [9.17, 15) is 9.90 Å². The zero-order valence-corrected chi connectivity index (χ0v) is 8.43. The Bertz CT molecular complexity index is 330. The molecule has 0 saturated heterocycles. The van der Waals surface area contributed by atoms with Crippen molar-refractivity contribution in [2.45, 2.75) is 25.6 Å². The Labute approximate surface area is 88.7 Å². The van der Waals surface area contributed by atoms with Crippen LogP contribution in [0.3, 0.4) is 0 Å². The van der Waals surface area contributed by atoms with Gasteiger partial charge in [0.2, 0.25) is 0 Å². The molecule has 0 unspecified atom stereocenters. The summed E-state index contributed by atoms with van der Waals surface area (Å²) in [7, 11) is 0. The van der Waals surface area contributed by atoms with Crippen LogP contribution in [0, 0.1) is 5.92 Å². The summed E-state index contributed by atoms with van der Waals surface area (Å²) in [6, 6.07) is 9.46. The summed E-state index contributed by atoms with van der Waals surface area (Å²) in [5.74, 6) is -0.366. The van der Waals surface area contributed by atoms with Gasteiger partial charge in [-0.05, 0) is 24.3 Å². The van der Waals surface area contributed by atoms with Gasteiger partial charge in [-0.25, -0.2) is 4.79 Å². The molecule has 3 nitrogen and oxygen atoms in total. The summed E-state index contributed by atoms with van der Waals surface area (Å²) in [4.78, 5) is 11.3. The zero-order chi connectivity index (χ0) is 10.7. The van der Waals surface area contributed by atoms with Crippen molar-refractivity contribution >= 4 is 5.97 Å². The molecule has 0 heterocycles. The Kier molecular flexibility index (Phi) is 3.02. The second kappa shape index (κ2) is 4.45. The molecule has 80 valence electrons. The van der Waals surface area contributed by atoms with Crippen molar-refractivity contribution in [2.75, 3.05) is 0 Å². The van der Waals surface area contributed by atoms with E-state index in [0.717, 1.165) is 18.4 Å². The fourth-order valence-electron chi connectivity index (χ4n) is 1.42. The number of rotatable bonds is 4. The first kappa shape index (κ1) is 10.2. The number of carbonyl (C=O) groups excluding carboxylic acids is 1. The van der Waals surface area contributed by atoms with Crippen LogP contribution >= 0.6 is 0 Å². The molecule has 15 heavy (non-hydrogen) atoms. The molecule has 1 N–H and O–H groups in total. The van der Waals surface area contributed by atoms with Crippen LogP contribution in [0.4, 0.5) is 0 Å². The van der Waals surface area contributed by atoms with Crippen molar-refractivity contribution in [3.63, 3.8) is 0 Å². The number of aliphatic hydroxyl groups is 1. The lowest BCUT2D eigenvalue weighted by molar-refractivity contribution is -0.156. The SMILES string of the molecule is O=C(OCc1ccccc1)[C@@H](O)C1CC1. The van der Waals surface area contributed by atoms with Crippen molar-refractivity contribution in [1.82, 2.24) is 0 Å². The molecule has 1 saturated carbocycles.